The summed E-state index contributed by atoms with van der Waals surface area (Å²) in [7, 11) is 4.76. The second-order valence-electron chi connectivity index (χ2n) is 5.55. The van der Waals surface area contributed by atoms with Gasteiger partial charge in [-0.3, -0.25) is 9.48 Å². The highest BCUT2D eigenvalue weighted by Crippen LogP contribution is 2.44. The number of hydrogen-bond acceptors (Lipinski definition) is 5. The first-order chi connectivity index (χ1) is 11.0. The number of aryl methyl sites for hydroxylation is 2. The maximum atomic E-state index is 12.1. The molecule has 1 aromatic heterocycles. The molecule has 1 atom stereocenters. The van der Waals surface area contributed by atoms with Crippen LogP contribution in [0, 0.1) is 6.92 Å². The van der Waals surface area contributed by atoms with Gasteiger partial charge in [0.1, 0.15) is 5.82 Å². The van der Waals surface area contributed by atoms with Gasteiger partial charge in [0, 0.05) is 24.9 Å². The number of nitrogens with one attached hydrogen (secondary N) is 1. The molecule has 1 aliphatic heterocycles. The Balaban J connectivity index is 2.18. The van der Waals surface area contributed by atoms with Crippen molar-refractivity contribution < 1.29 is 19.4 Å². The lowest BCUT2D eigenvalue weighted by Gasteiger charge is -2.25. The number of phenols is 1. The Hall–Kier alpha value is -2.70. The predicted molar refractivity (Wildman–Crippen MR) is 84.2 cm³/mol. The zero-order chi connectivity index (χ0) is 16.7. The van der Waals surface area contributed by atoms with E-state index in [0.29, 0.717) is 23.7 Å². The van der Waals surface area contributed by atoms with Crippen LogP contribution in [0.15, 0.2) is 12.1 Å². The van der Waals surface area contributed by atoms with Gasteiger partial charge < -0.3 is 19.9 Å². The first-order valence-corrected chi connectivity index (χ1v) is 7.24. The number of ether oxygens (including phenoxy) is 2. The van der Waals surface area contributed by atoms with Gasteiger partial charge in [-0.1, -0.05) is 0 Å². The number of carbonyl (C=O) groups is 1. The van der Waals surface area contributed by atoms with Crippen LogP contribution in [0.5, 0.6) is 17.2 Å². The molecule has 0 aliphatic carbocycles. The molecule has 122 valence electrons. The molecule has 3 rings (SSSR count). The maximum Gasteiger partial charge on any atom is 0.226 e. The third-order valence-electron chi connectivity index (χ3n) is 4.17. The average molecular weight is 317 g/mol. The number of amides is 1. The number of anilines is 1. The zero-order valence-electron chi connectivity index (χ0n) is 13.5. The first-order valence-electron chi connectivity index (χ1n) is 7.24. The molecule has 1 amide bonds. The van der Waals surface area contributed by atoms with E-state index in [1.165, 1.54) is 14.2 Å². The van der Waals surface area contributed by atoms with Crippen molar-refractivity contribution in [2.24, 2.45) is 7.05 Å². The molecule has 1 aromatic carbocycles. The molecule has 7 heteroatoms. The minimum Gasteiger partial charge on any atom is -0.502 e. The molecule has 1 aliphatic rings. The standard InChI is InChI=1S/C16H19N3O4/c1-8-14-10(7-13(20)17-16(14)19(2)18-8)9-5-11(22-3)15(21)12(6-9)23-4/h5-6,10,21H,7H2,1-4H3,(H,17,20). The van der Waals surface area contributed by atoms with Crippen LogP contribution in [-0.2, 0) is 11.8 Å². The van der Waals surface area contributed by atoms with Crippen molar-refractivity contribution >= 4 is 11.7 Å². The summed E-state index contributed by atoms with van der Waals surface area (Å²) in [6.45, 7) is 1.91. The highest BCUT2D eigenvalue weighted by Gasteiger charge is 2.32. The Morgan fingerprint density at radius 3 is 2.48 bits per heavy atom. The van der Waals surface area contributed by atoms with Gasteiger partial charge in [-0.15, -0.1) is 0 Å². The summed E-state index contributed by atoms with van der Waals surface area (Å²) < 4.78 is 12.1. The lowest BCUT2D eigenvalue weighted by atomic mass is 9.85. The molecular formula is C16H19N3O4. The van der Waals surface area contributed by atoms with Crippen molar-refractivity contribution in [2.45, 2.75) is 19.3 Å². The van der Waals surface area contributed by atoms with E-state index in [0.717, 1.165) is 16.8 Å². The number of fused-ring (bicyclic) bond motifs is 1. The molecule has 0 spiro atoms. The van der Waals surface area contributed by atoms with Gasteiger partial charge in [0.05, 0.1) is 19.9 Å². The minimum atomic E-state index is -0.171. The molecule has 0 saturated carbocycles. The summed E-state index contributed by atoms with van der Waals surface area (Å²) in [4.78, 5) is 12.1. The third kappa shape index (κ3) is 2.38. The number of nitrogens with zero attached hydrogens (tertiary/aromatic N) is 2. The van der Waals surface area contributed by atoms with Crippen molar-refractivity contribution in [3.63, 3.8) is 0 Å². The van der Waals surface area contributed by atoms with Crippen molar-refractivity contribution in [3.05, 3.63) is 29.0 Å². The number of aromatic hydroxyl groups is 1. The number of hydrogen-bond donors (Lipinski definition) is 2. The number of methoxy groups -OCH3 is 2. The molecule has 2 aromatic rings. The molecule has 2 N–H and O–H groups in total. The number of phenolic OH excluding ortho intramolecular Hbond substituents is 1. The summed E-state index contributed by atoms with van der Waals surface area (Å²) in [6, 6.07) is 3.47. The fraction of sp³-hybridized carbons (Fsp3) is 0.375. The summed E-state index contributed by atoms with van der Waals surface area (Å²) in [5.41, 5.74) is 2.67. The molecular weight excluding hydrogens is 298 g/mol. The van der Waals surface area contributed by atoms with E-state index >= 15 is 0 Å². The Labute approximate surface area is 133 Å². The smallest absolute Gasteiger partial charge is 0.226 e. The van der Waals surface area contributed by atoms with E-state index in [2.05, 4.69) is 10.4 Å². The predicted octanol–water partition coefficient (Wildman–Crippen LogP) is 1.93. The van der Waals surface area contributed by atoms with Gasteiger partial charge in [-0.2, -0.15) is 5.10 Å². The molecule has 0 saturated heterocycles. The average Bonchev–Trinajstić information content (AvgIpc) is 2.81. The number of aromatic nitrogens is 2. The SMILES string of the molecule is COc1cc(C2CC(=O)Nc3c2c(C)nn3C)cc(OC)c1O. The third-order valence-corrected chi connectivity index (χ3v) is 4.17. The van der Waals surface area contributed by atoms with Crippen molar-refractivity contribution in [1.29, 1.82) is 0 Å². The molecule has 23 heavy (non-hydrogen) atoms. The normalized spacial score (nSPS) is 16.7. The van der Waals surface area contributed by atoms with Crippen molar-refractivity contribution in [1.82, 2.24) is 9.78 Å². The van der Waals surface area contributed by atoms with E-state index in [1.54, 1.807) is 23.9 Å². The summed E-state index contributed by atoms with van der Waals surface area (Å²) in [6.07, 6.45) is 0.302. The van der Waals surface area contributed by atoms with Crippen LogP contribution in [0.25, 0.3) is 0 Å². The Kier molecular flexibility index (Phi) is 3.63. The summed E-state index contributed by atoms with van der Waals surface area (Å²) in [5, 5.41) is 17.3. The second-order valence-corrected chi connectivity index (χ2v) is 5.55. The highest BCUT2D eigenvalue weighted by atomic mass is 16.5. The Morgan fingerprint density at radius 2 is 1.91 bits per heavy atom. The van der Waals surface area contributed by atoms with Gasteiger partial charge in [0.15, 0.2) is 11.5 Å². The Morgan fingerprint density at radius 1 is 1.30 bits per heavy atom. The van der Waals surface area contributed by atoms with Crippen LogP contribution in [-0.4, -0.2) is 35.0 Å². The van der Waals surface area contributed by atoms with Gasteiger partial charge in [-0.05, 0) is 24.6 Å². The molecule has 0 bridgehead atoms. The highest BCUT2D eigenvalue weighted by molar-refractivity contribution is 5.94. The second kappa shape index (κ2) is 5.49. The quantitative estimate of drug-likeness (QED) is 0.903. The molecule has 0 fully saturated rings. The minimum absolute atomic E-state index is 0.0536. The number of benzene rings is 1. The molecule has 2 heterocycles. The summed E-state index contributed by atoms with van der Waals surface area (Å²) in [5.74, 6) is 1.03. The maximum absolute atomic E-state index is 12.1. The van der Waals surface area contributed by atoms with Crippen LogP contribution in [0.1, 0.15) is 29.2 Å². The fourth-order valence-corrected chi connectivity index (χ4v) is 3.11. The number of rotatable bonds is 3. The molecule has 1 unspecified atom stereocenters. The zero-order valence-corrected chi connectivity index (χ0v) is 13.5. The fourth-order valence-electron chi connectivity index (χ4n) is 3.11. The van der Waals surface area contributed by atoms with Crippen LogP contribution < -0.4 is 14.8 Å². The van der Waals surface area contributed by atoms with Crippen LogP contribution in [0.4, 0.5) is 5.82 Å². The first kappa shape index (κ1) is 15.2. The van der Waals surface area contributed by atoms with Gasteiger partial charge in [-0.25, -0.2) is 0 Å². The van der Waals surface area contributed by atoms with Crippen LogP contribution in [0.2, 0.25) is 0 Å². The van der Waals surface area contributed by atoms with Gasteiger partial charge in [0.2, 0.25) is 11.7 Å². The Bertz CT molecular complexity index is 757. The van der Waals surface area contributed by atoms with E-state index in [9.17, 15) is 9.90 Å². The lowest BCUT2D eigenvalue weighted by molar-refractivity contribution is -0.116. The van der Waals surface area contributed by atoms with E-state index < -0.39 is 0 Å². The van der Waals surface area contributed by atoms with Crippen molar-refractivity contribution in [2.75, 3.05) is 19.5 Å². The van der Waals surface area contributed by atoms with E-state index in [4.69, 9.17) is 9.47 Å². The van der Waals surface area contributed by atoms with E-state index in [1.807, 2.05) is 6.92 Å². The summed E-state index contributed by atoms with van der Waals surface area (Å²) >= 11 is 0. The molecule has 0 radical (unpaired) electrons. The van der Waals surface area contributed by atoms with Gasteiger partial charge in [0.25, 0.3) is 0 Å². The van der Waals surface area contributed by atoms with Gasteiger partial charge >= 0.3 is 0 Å². The monoisotopic (exact) mass is 317 g/mol. The lowest BCUT2D eigenvalue weighted by Crippen LogP contribution is -2.24. The number of carbonyl (C=O) groups excluding carboxylic acids is 1. The topological polar surface area (TPSA) is 85.6 Å². The largest absolute Gasteiger partial charge is 0.502 e. The van der Waals surface area contributed by atoms with E-state index in [-0.39, 0.29) is 17.6 Å². The molecule has 7 nitrogen and oxygen atoms in total. The van der Waals surface area contributed by atoms with Crippen LogP contribution >= 0.6 is 0 Å². The van der Waals surface area contributed by atoms with Crippen LogP contribution in [0.3, 0.4) is 0 Å². The van der Waals surface area contributed by atoms with Crippen molar-refractivity contribution in [3.8, 4) is 17.2 Å².